The van der Waals surface area contributed by atoms with Gasteiger partial charge in [-0.25, -0.2) is 4.79 Å². The number of nitrogens with two attached hydrogens (primary N) is 1. The zero-order valence-electron chi connectivity index (χ0n) is 13.1. The Morgan fingerprint density at radius 1 is 1.46 bits per heavy atom. The van der Waals surface area contributed by atoms with Crippen LogP contribution in [0.2, 0.25) is 0 Å². The molecule has 0 fully saturated rings. The Morgan fingerprint density at radius 3 is 2.58 bits per heavy atom. The predicted molar refractivity (Wildman–Crippen MR) is 90.1 cm³/mol. The minimum absolute atomic E-state index is 0.0321. The number of anilines is 1. The van der Waals surface area contributed by atoms with Crippen molar-refractivity contribution in [3.8, 4) is 11.8 Å². The minimum Gasteiger partial charge on any atom is -0.464 e. The summed E-state index contributed by atoms with van der Waals surface area (Å²) in [6, 6.07) is 3.21. The Balaban J connectivity index is 2.97. The second-order valence-electron chi connectivity index (χ2n) is 5.01. The maximum Gasteiger partial charge on any atom is 0.357 e. The molecule has 124 valence electrons. The summed E-state index contributed by atoms with van der Waals surface area (Å²) in [6.45, 7) is 3.47. The van der Waals surface area contributed by atoms with Crippen LogP contribution in [0.4, 0.5) is 11.4 Å². The summed E-state index contributed by atoms with van der Waals surface area (Å²) in [5, 5.41) is 20.6. The number of halogens is 1. The highest BCUT2D eigenvalue weighted by Crippen LogP contribution is 2.36. The van der Waals surface area contributed by atoms with Crippen LogP contribution in [0.5, 0.6) is 0 Å². The zero-order chi connectivity index (χ0) is 18.2. The number of hydrogen-bond acceptors (Lipinski definition) is 6. The molecule has 0 aliphatic carbocycles. The van der Waals surface area contributed by atoms with E-state index >= 15 is 0 Å². The second-order valence-corrected chi connectivity index (χ2v) is 5.87. The Bertz CT molecular complexity index is 911. The van der Waals surface area contributed by atoms with Gasteiger partial charge in [-0.3, -0.25) is 10.1 Å². The van der Waals surface area contributed by atoms with E-state index in [2.05, 4.69) is 15.9 Å². The first kappa shape index (κ1) is 17.5. The molecule has 0 atom stereocenters. The van der Waals surface area contributed by atoms with Crippen molar-refractivity contribution in [3.63, 3.8) is 0 Å². The molecule has 2 N–H and O–H groups in total. The van der Waals surface area contributed by atoms with Crippen LogP contribution in [-0.4, -0.2) is 22.6 Å². The number of nitro groups is 1. The van der Waals surface area contributed by atoms with E-state index in [-0.39, 0.29) is 28.3 Å². The van der Waals surface area contributed by atoms with Gasteiger partial charge in [0.2, 0.25) is 0 Å². The first-order valence-electron chi connectivity index (χ1n) is 6.68. The smallest absolute Gasteiger partial charge is 0.357 e. The second kappa shape index (κ2) is 6.33. The lowest BCUT2D eigenvalue weighted by molar-refractivity contribution is -0.384. The molecule has 9 heteroatoms. The number of hydrogen-bond donors (Lipinski definition) is 1. The van der Waals surface area contributed by atoms with Crippen LogP contribution in [0.15, 0.2) is 16.7 Å². The number of benzene rings is 1. The van der Waals surface area contributed by atoms with Crippen LogP contribution in [0, 0.1) is 35.3 Å². The number of aromatic nitrogens is 1. The molecule has 2 aromatic rings. The Labute approximate surface area is 145 Å². The minimum atomic E-state index is -0.789. The fourth-order valence-electron chi connectivity index (χ4n) is 2.38. The third-order valence-corrected chi connectivity index (χ3v) is 4.59. The van der Waals surface area contributed by atoms with Crippen molar-refractivity contribution in [2.24, 2.45) is 0 Å². The van der Waals surface area contributed by atoms with E-state index in [9.17, 15) is 14.9 Å². The summed E-state index contributed by atoms with van der Waals surface area (Å²) >= 11 is 3.28. The number of carbonyl (C=O) groups is 1. The Hall–Kier alpha value is -2.86. The van der Waals surface area contributed by atoms with Crippen molar-refractivity contribution in [1.82, 2.24) is 4.57 Å². The van der Waals surface area contributed by atoms with Crippen molar-refractivity contribution in [1.29, 1.82) is 5.26 Å². The van der Waals surface area contributed by atoms with Crippen molar-refractivity contribution < 1.29 is 14.5 Å². The van der Waals surface area contributed by atoms with Gasteiger partial charge in [0.25, 0.3) is 5.69 Å². The molecule has 0 aliphatic heterocycles. The predicted octanol–water partition coefficient (Wildman–Crippen LogP) is 3.01. The van der Waals surface area contributed by atoms with E-state index < -0.39 is 10.9 Å². The SMILES string of the molecule is COC(=O)c1c(N)c(C#N)cn1-c1c([N+](=O)[O-])cc(Br)c(C)c1C. The van der Waals surface area contributed by atoms with Gasteiger partial charge in [-0.15, -0.1) is 0 Å². The molecular formula is C15H13BrN4O4. The molecule has 0 amide bonds. The fraction of sp³-hybridized carbons (Fsp3) is 0.200. The summed E-state index contributed by atoms with van der Waals surface area (Å²) in [7, 11) is 1.17. The fourth-order valence-corrected chi connectivity index (χ4v) is 2.89. The van der Waals surface area contributed by atoms with Crippen LogP contribution >= 0.6 is 15.9 Å². The van der Waals surface area contributed by atoms with Crippen LogP contribution in [0.3, 0.4) is 0 Å². The molecule has 0 saturated heterocycles. The summed E-state index contributed by atoms with van der Waals surface area (Å²) in [5.41, 5.74) is 6.94. The maximum atomic E-state index is 12.1. The van der Waals surface area contributed by atoms with Gasteiger partial charge in [0.1, 0.15) is 11.8 Å². The number of methoxy groups -OCH3 is 1. The highest BCUT2D eigenvalue weighted by atomic mass is 79.9. The Kier molecular flexibility index (Phi) is 4.61. The van der Waals surface area contributed by atoms with E-state index in [4.69, 9.17) is 15.7 Å². The number of esters is 1. The normalized spacial score (nSPS) is 10.3. The monoisotopic (exact) mass is 392 g/mol. The summed E-state index contributed by atoms with van der Waals surface area (Å²) in [6.07, 6.45) is 1.30. The van der Waals surface area contributed by atoms with E-state index in [1.807, 2.05) is 6.07 Å². The molecule has 0 radical (unpaired) electrons. The van der Waals surface area contributed by atoms with Crippen molar-refractivity contribution in [2.75, 3.05) is 12.8 Å². The zero-order valence-corrected chi connectivity index (χ0v) is 14.7. The quantitative estimate of drug-likeness (QED) is 0.486. The Morgan fingerprint density at radius 2 is 2.08 bits per heavy atom. The standard InChI is InChI=1S/C15H13BrN4O4/c1-7-8(2)13(11(20(22)23)4-10(7)16)19-6-9(5-17)12(18)14(19)15(21)24-3/h4,6H,18H2,1-3H3. The van der Waals surface area contributed by atoms with Gasteiger partial charge in [-0.2, -0.15) is 5.26 Å². The molecule has 0 saturated carbocycles. The van der Waals surface area contributed by atoms with E-state index in [0.29, 0.717) is 10.0 Å². The number of nitrogen functional groups attached to an aromatic ring is 1. The lowest BCUT2D eigenvalue weighted by Crippen LogP contribution is -2.13. The van der Waals surface area contributed by atoms with Gasteiger partial charge >= 0.3 is 5.97 Å². The molecule has 1 heterocycles. The van der Waals surface area contributed by atoms with E-state index in [1.54, 1.807) is 13.8 Å². The summed E-state index contributed by atoms with van der Waals surface area (Å²) in [5.74, 6) is -0.789. The van der Waals surface area contributed by atoms with Gasteiger partial charge in [0.05, 0.1) is 23.3 Å². The molecule has 0 unspecified atom stereocenters. The van der Waals surface area contributed by atoms with Crippen LogP contribution in [-0.2, 0) is 4.74 Å². The van der Waals surface area contributed by atoms with Crippen molar-refractivity contribution >= 4 is 33.3 Å². The number of rotatable bonds is 3. The number of carbonyl (C=O) groups excluding carboxylic acids is 1. The van der Waals surface area contributed by atoms with Crippen LogP contribution < -0.4 is 5.73 Å². The van der Waals surface area contributed by atoms with Crippen molar-refractivity contribution in [2.45, 2.75) is 13.8 Å². The number of ether oxygens (including phenoxy) is 1. The van der Waals surface area contributed by atoms with Crippen molar-refractivity contribution in [3.05, 3.63) is 49.2 Å². The molecule has 0 bridgehead atoms. The van der Waals surface area contributed by atoms with Crippen LogP contribution in [0.1, 0.15) is 27.2 Å². The van der Waals surface area contributed by atoms with Gasteiger partial charge in [-0.1, -0.05) is 15.9 Å². The third kappa shape index (κ3) is 2.61. The number of nitro benzene ring substituents is 1. The molecule has 24 heavy (non-hydrogen) atoms. The average Bonchev–Trinajstić information content (AvgIpc) is 2.87. The first-order valence-corrected chi connectivity index (χ1v) is 7.47. The summed E-state index contributed by atoms with van der Waals surface area (Å²) in [4.78, 5) is 23.0. The van der Waals surface area contributed by atoms with Gasteiger partial charge in [0.15, 0.2) is 5.69 Å². The van der Waals surface area contributed by atoms with Gasteiger partial charge in [0, 0.05) is 16.7 Å². The molecule has 0 aliphatic rings. The third-order valence-electron chi connectivity index (χ3n) is 3.76. The molecule has 2 rings (SSSR count). The maximum absolute atomic E-state index is 12.1. The van der Waals surface area contributed by atoms with Crippen LogP contribution in [0.25, 0.3) is 5.69 Å². The first-order chi connectivity index (χ1) is 11.2. The highest BCUT2D eigenvalue weighted by Gasteiger charge is 2.28. The molecule has 1 aromatic heterocycles. The average molecular weight is 393 g/mol. The topological polar surface area (TPSA) is 124 Å². The largest absolute Gasteiger partial charge is 0.464 e. The molecular weight excluding hydrogens is 380 g/mol. The molecule has 1 aromatic carbocycles. The summed E-state index contributed by atoms with van der Waals surface area (Å²) < 4.78 is 6.51. The number of nitriles is 1. The van der Waals surface area contributed by atoms with E-state index in [0.717, 1.165) is 5.56 Å². The van der Waals surface area contributed by atoms with Gasteiger partial charge in [-0.05, 0) is 25.0 Å². The van der Waals surface area contributed by atoms with E-state index in [1.165, 1.54) is 23.9 Å². The highest BCUT2D eigenvalue weighted by molar-refractivity contribution is 9.10. The molecule has 0 spiro atoms. The molecule has 8 nitrogen and oxygen atoms in total. The lowest BCUT2D eigenvalue weighted by Gasteiger charge is -2.14. The number of nitrogens with zero attached hydrogens (tertiary/aromatic N) is 3. The lowest BCUT2D eigenvalue weighted by atomic mass is 10.1. The van der Waals surface area contributed by atoms with Gasteiger partial charge < -0.3 is 15.0 Å².